The molecule has 3 aromatic rings. The zero-order valence-corrected chi connectivity index (χ0v) is 16.1. The maximum Gasteiger partial charge on any atom is 0.255 e. The molecule has 0 saturated heterocycles. The fourth-order valence-electron chi connectivity index (χ4n) is 3.80. The Balaban J connectivity index is 1.47. The third kappa shape index (κ3) is 3.30. The Morgan fingerprint density at radius 2 is 2.03 bits per heavy atom. The molecule has 8 nitrogen and oxygen atoms in total. The summed E-state index contributed by atoms with van der Waals surface area (Å²) in [4.78, 5) is 27.9. The molecule has 2 aliphatic rings. The van der Waals surface area contributed by atoms with Crippen LogP contribution in [0, 0.1) is 0 Å². The van der Waals surface area contributed by atoms with E-state index in [9.17, 15) is 4.79 Å². The smallest absolute Gasteiger partial charge is 0.255 e. The maximum absolute atomic E-state index is 12.8. The van der Waals surface area contributed by atoms with E-state index in [0.717, 1.165) is 17.9 Å². The lowest BCUT2D eigenvalue weighted by atomic mass is 10.1. The van der Waals surface area contributed by atoms with Crippen LogP contribution in [0.1, 0.15) is 13.3 Å². The van der Waals surface area contributed by atoms with Crippen LogP contribution in [0.3, 0.4) is 0 Å². The third-order valence-electron chi connectivity index (χ3n) is 5.36. The van der Waals surface area contributed by atoms with Gasteiger partial charge in [-0.2, -0.15) is 0 Å². The van der Waals surface area contributed by atoms with Gasteiger partial charge in [0.25, 0.3) is 5.56 Å². The molecule has 8 heteroatoms. The Hall–Kier alpha value is -3.42. The van der Waals surface area contributed by atoms with Crippen LogP contribution in [0.25, 0.3) is 11.4 Å². The lowest BCUT2D eigenvalue weighted by Gasteiger charge is -2.39. The van der Waals surface area contributed by atoms with Gasteiger partial charge in [0.15, 0.2) is 17.6 Å². The van der Waals surface area contributed by atoms with Crippen molar-refractivity contribution in [3.8, 4) is 22.9 Å². The van der Waals surface area contributed by atoms with Crippen LogP contribution in [-0.2, 0) is 6.54 Å². The molecular formula is C21H21N5O3. The van der Waals surface area contributed by atoms with Crippen molar-refractivity contribution in [2.24, 2.45) is 0 Å². The van der Waals surface area contributed by atoms with Crippen LogP contribution in [0.4, 0.5) is 5.95 Å². The first-order chi connectivity index (χ1) is 14.2. The van der Waals surface area contributed by atoms with Crippen molar-refractivity contribution < 1.29 is 9.47 Å². The Morgan fingerprint density at radius 1 is 1.17 bits per heavy atom. The van der Waals surface area contributed by atoms with Crippen LogP contribution in [0.5, 0.6) is 11.5 Å². The fourth-order valence-corrected chi connectivity index (χ4v) is 3.80. The number of hydrogen-bond acceptors (Lipinski definition) is 7. The van der Waals surface area contributed by atoms with Crippen molar-refractivity contribution in [2.45, 2.75) is 32.0 Å². The second kappa shape index (κ2) is 7.20. The predicted molar refractivity (Wildman–Crippen MR) is 107 cm³/mol. The lowest BCUT2D eigenvalue weighted by molar-refractivity contribution is 0.0927. The Bertz CT molecular complexity index is 1090. The summed E-state index contributed by atoms with van der Waals surface area (Å²) in [5, 5.41) is 0. The molecule has 2 unspecified atom stereocenters. The summed E-state index contributed by atoms with van der Waals surface area (Å²) in [6.45, 7) is 3.82. The molecule has 2 aromatic heterocycles. The van der Waals surface area contributed by atoms with E-state index >= 15 is 0 Å². The summed E-state index contributed by atoms with van der Waals surface area (Å²) < 4.78 is 13.7. The number of nitrogens with zero attached hydrogens (tertiary/aromatic N) is 5. The largest absolute Gasteiger partial charge is 0.486 e. The van der Waals surface area contributed by atoms with Gasteiger partial charge in [-0.25, -0.2) is 15.0 Å². The molecule has 0 amide bonds. The number of para-hydroxylation sites is 2. The molecule has 0 N–H and O–H groups in total. The molecule has 2 atom stereocenters. The molecule has 148 valence electrons. The topological polar surface area (TPSA) is 82.4 Å². The van der Waals surface area contributed by atoms with Gasteiger partial charge in [0, 0.05) is 24.8 Å². The molecule has 0 aliphatic carbocycles. The first-order valence-corrected chi connectivity index (χ1v) is 9.72. The van der Waals surface area contributed by atoms with Crippen molar-refractivity contribution >= 4 is 5.95 Å². The van der Waals surface area contributed by atoms with Crippen molar-refractivity contribution in [1.29, 1.82) is 0 Å². The molecule has 5 rings (SSSR count). The van der Waals surface area contributed by atoms with E-state index in [0.29, 0.717) is 37.0 Å². The molecular weight excluding hydrogens is 370 g/mol. The highest BCUT2D eigenvalue weighted by Crippen LogP contribution is 2.32. The standard InChI is InChI=1S/C21H21N5O3/c1-14-7-9-25-20(27)10-17(16-6-8-22-13-23-16)24-21(25)26(14)11-15-12-28-18-4-2-3-5-19(18)29-15/h2-6,8,10,13-15H,7,9,11-12H2,1H3. The summed E-state index contributed by atoms with van der Waals surface area (Å²) in [6, 6.07) is 11.2. The number of anilines is 1. The van der Waals surface area contributed by atoms with E-state index < -0.39 is 0 Å². The van der Waals surface area contributed by atoms with Crippen molar-refractivity contribution in [2.75, 3.05) is 18.1 Å². The average Bonchev–Trinajstić information content (AvgIpc) is 2.76. The highest BCUT2D eigenvalue weighted by Gasteiger charge is 2.31. The van der Waals surface area contributed by atoms with Crippen molar-refractivity contribution in [1.82, 2.24) is 19.5 Å². The number of ether oxygens (including phenoxy) is 2. The summed E-state index contributed by atoms with van der Waals surface area (Å²) in [5.74, 6) is 2.15. The van der Waals surface area contributed by atoms with E-state index in [4.69, 9.17) is 14.5 Å². The van der Waals surface area contributed by atoms with E-state index in [1.807, 2.05) is 24.3 Å². The Labute approximate surface area is 167 Å². The summed E-state index contributed by atoms with van der Waals surface area (Å²) in [5.41, 5.74) is 1.10. The SMILES string of the molecule is CC1CCn2c(nc(-c3ccncn3)cc2=O)N1CC1COc2ccccc2O1. The van der Waals surface area contributed by atoms with Gasteiger partial charge in [-0.05, 0) is 31.5 Å². The number of aromatic nitrogens is 4. The van der Waals surface area contributed by atoms with Crippen LogP contribution < -0.4 is 19.9 Å². The lowest BCUT2D eigenvalue weighted by Crippen LogP contribution is -2.50. The Morgan fingerprint density at radius 3 is 2.86 bits per heavy atom. The normalized spacial score (nSPS) is 20.2. The second-order valence-electron chi connectivity index (χ2n) is 7.31. The molecule has 0 fully saturated rings. The summed E-state index contributed by atoms with van der Waals surface area (Å²) in [7, 11) is 0. The minimum atomic E-state index is -0.154. The fraction of sp³-hybridized carbons (Fsp3) is 0.333. The van der Waals surface area contributed by atoms with Crippen LogP contribution in [0.2, 0.25) is 0 Å². The van der Waals surface area contributed by atoms with Crippen LogP contribution >= 0.6 is 0 Å². The molecule has 4 heterocycles. The zero-order chi connectivity index (χ0) is 19.8. The number of fused-ring (bicyclic) bond motifs is 2. The molecule has 29 heavy (non-hydrogen) atoms. The van der Waals surface area contributed by atoms with Gasteiger partial charge >= 0.3 is 0 Å². The predicted octanol–water partition coefficient (Wildman–Crippen LogP) is 2.14. The van der Waals surface area contributed by atoms with Gasteiger partial charge < -0.3 is 14.4 Å². The van der Waals surface area contributed by atoms with Gasteiger partial charge in [0.05, 0.1) is 17.9 Å². The Kier molecular flexibility index (Phi) is 4.38. The minimum absolute atomic E-state index is 0.0772. The first kappa shape index (κ1) is 17.7. The minimum Gasteiger partial charge on any atom is -0.486 e. The average molecular weight is 391 g/mol. The van der Waals surface area contributed by atoms with Gasteiger partial charge in [0.2, 0.25) is 5.95 Å². The number of rotatable bonds is 3. The van der Waals surface area contributed by atoms with E-state index in [-0.39, 0.29) is 17.7 Å². The van der Waals surface area contributed by atoms with Gasteiger partial charge in [-0.1, -0.05) is 12.1 Å². The first-order valence-electron chi connectivity index (χ1n) is 9.72. The molecule has 0 spiro atoms. The van der Waals surface area contributed by atoms with E-state index in [1.165, 1.54) is 12.4 Å². The van der Waals surface area contributed by atoms with Crippen LogP contribution in [-0.4, -0.2) is 44.8 Å². The van der Waals surface area contributed by atoms with Crippen molar-refractivity contribution in [3.63, 3.8) is 0 Å². The monoisotopic (exact) mass is 391 g/mol. The quantitative estimate of drug-likeness (QED) is 0.676. The van der Waals surface area contributed by atoms with Gasteiger partial charge in [0.1, 0.15) is 12.9 Å². The molecule has 1 aromatic carbocycles. The highest BCUT2D eigenvalue weighted by atomic mass is 16.6. The van der Waals surface area contributed by atoms with Gasteiger partial charge in [-0.3, -0.25) is 9.36 Å². The molecule has 0 radical (unpaired) electrons. The number of benzene rings is 1. The highest BCUT2D eigenvalue weighted by molar-refractivity contribution is 5.55. The second-order valence-corrected chi connectivity index (χ2v) is 7.31. The van der Waals surface area contributed by atoms with E-state index in [2.05, 4.69) is 21.8 Å². The van der Waals surface area contributed by atoms with Crippen molar-refractivity contribution in [3.05, 3.63) is 59.3 Å². The third-order valence-corrected chi connectivity index (χ3v) is 5.36. The molecule has 0 saturated carbocycles. The summed E-state index contributed by atoms with van der Waals surface area (Å²) >= 11 is 0. The molecule has 2 aliphatic heterocycles. The van der Waals surface area contributed by atoms with E-state index in [1.54, 1.807) is 16.8 Å². The zero-order valence-electron chi connectivity index (χ0n) is 16.1. The maximum atomic E-state index is 12.8. The summed E-state index contributed by atoms with van der Waals surface area (Å²) in [6.07, 6.45) is 3.81. The van der Waals surface area contributed by atoms with Gasteiger partial charge in [-0.15, -0.1) is 0 Å². The van der Waals surface area contributed by atoms with Crippen LogP contribution in [0.15, 0.2) is 53.7 Å². The molecule has 0 bridgehead atoms. The number of hydrogen-bond donors (Lipinski definition) is 0.